The van der Waals surface area contributed by atoms with Crippen LogP contribution in [0, 0.1) is 0 Å². The normalized spacial score (nSPS) is 10.5. The Hall–Kier alpha value is -2.17. The van der Waals surface area contributed by atoms with Gasteiger partial charge in [-0.2, -0.15) is 5.10 Å². The Bertz CT molecular complexity index is 557. The number of hydrogen-bond donors (Lipinski definition) is 1. The monoisotopic (exact) mass is 204 g/mol. The fourth-order valence-corrected chi connectivity index (χ4v) is 1.52. The van der Waals surface area contributed by atoms with Gasteiger partial charge in [-0.3, -0.25) is 9.48 Å². The summed E-state index contributed by atoms with van der Waals surface area (Å²) >= 11 is 0. The molecule has 76 valence electrons. The van der Waals surface area contributed by atoms with E-state index >= 15 is 0 Å². The minimum absolute atomic E-state index is 0.109. The first kappa shape index (κ1) is 9.39. The highest BCUT2D eigenvalue weighted by Crippen LogP contribution is 2.17. The number of carboxylic acid groups (broad SMARTS) is 1. The van der Waals surface area contributed by atoms with Crippen LogP contribution in [-0.2, 0) is 11.8 Å². The maximum Gasteiger partial charge on any atom is 0.378 e. The first-order valence-electron chi connectivity index (χ1n) is 4.30. The lowest BCUT2D eigenvalue weighted by atomic mass is 10.1. The summed E-state index contributed by atoms with van der Waals surface area (Å²) in [5.41, 5.74) is 0.725. The first-order chi connectivity index (χ1) is 7.11. The molecule has 0 saturated carbocycles. The van der Waals surface area contributed by atoms with Crippen LogP contribution in [0.4, 0.5) is 0 Å². The van der Waals surface area contributed by atoms with Crippen molar-refractivity contribution >= 4 is 22.7 Å². The second-order valence-corrected chi connectivity index (χ2v) is 3.12. The lowest BCUT2D eigenvalue weighted by Crippen LogP contribution is -2.16. The van der Waals surface area contributed by atoms with E-state index in [0.717, 1.165) is 0 Å². The first-order valence-corrected chi connectivity index (χ1v) is 4.30. The van der Waals surface area contributed by atoms with Crippen LogP contribution in [0.5, 0.6) is 0 Å². The Morgan fingerprint density at radius 1 is 1.33 bits per heavy atom. The molecule has 0 radical (unpaired) electrons. The van der Waals surface area contributed by atoms with Crippen LogP contribution in [-0.4, -0.2) is 26.6 Å². The Kier molecular flexibility index (Phi) is 2.00. The number of hydrogen-bond acceptors (Lipinski definition) is 3. The van der Waals surface area contributed by atoms with Crippen molar-refractivity contribution in [1.82, 2.24) is 9.78 Å². The van der Waals surface area contributed by atoms with Crippen molar-refractivity contribution in [3.05, 3.63) is 30.0 Å². The summed E-state index contributed by atoms with van der Waals surface area (Å²) in [4.78, 5) is 22.0. The number of aliphatic carboxylic acids is 1. The molecule has 0 fully saturated rings. The fourth-order valence-electron chi connectivity index (χ4n) is 1.52. The van der Waals surface area contributed by atoms with Crippen LogP contribution >= 0.6 is 0 Å². The molecule has 0 spiro atoms. The van der Waals surface area contributed by atoms with Crippen molar-refractivity contribution in [3.63, 3.8) is 0 Å². The Balaban J connectivity index is 2.74. The molecule has 1 N–H and O–H groups in total. The molecule has 0 amide bonds. The summed E-state index contributed by atoms with van der Waals surface area (Å²) in [6.07, 6.45) is 0. The smallest absolute Gasteiger partial charge is 0.378 e. The van der Waals surface area contributed by atoms with Crippen molar-refractivity contribution in [2.24, 2.45) is 7.05 Å². The molecule has 2 aromatic rings. The molecule has 0 saturated heterocycles. The number of rotatable bonds is 2. The third-order valence-electron chi connectivity index (χ3n) is 2.15. The maximum absolute atomic E-state index is 11.4. The van der Waals surface area contributed by atoms with Gasteiger partial charge in [-0.25, -0.2) is 4.79 Å². The number of carboxylic acids is 1. The molecule has 0 unspecified atom stereocenters. The average Bonchev–Trinajstić information content (AvgIpc) is 2.52. The Morgan fingerprint density at radius 2 is 2.00 bits per heavy atom. The summed E-state index contributed by atoms with van der Waals surface area (Å²) in [6.45, 7) is 0. The van der Waals surface area contributed by atoms with Gasteiger partial charge in [0.1, 0.15) is 5.69 Å². The predicted molar refractivity (Wildman–Crippen MR) is 52.7 cm³/mol. The van der Waals surface area contributed by atoms with Crippen molar-refractivity contribution in [1.29, 1.82) is 0 Å². The van der Waals surface area contributed by atoms with E-state index in [1.807, 2.05) is 0 Å². The standard InChI is InChI=1S/C10H8N2O3/c1-12-8(9(13)10(14)15)6-4-2-3-5-7(6)11-12/h2-5H,1H3,(H,14,15). The number of Topliss-reactive ketones (excluding diaryl/α,β-unsaturated/α-hetero) is 1. The van der Waals surface area contributed by atoms with Crippen LogP contribution < -0.4 is 0 Å². The van der Waals surface area contributed by atoms with Gasteiger partial charge in [0, 0.05) is 12.4 Å². The van der Waals surface area contributed by atoms with E-state index in [1.54, 1.807) is 31.3 Å². The molecule has 0 atom stereocenters. The topological polar surface area (TPSA) is 72.2 Å². The molecule has 1 aromatic carbocycles. The van der Waals surface area contributed by atoms with Gasteiger partial charge in [-0.1, -0.05) is 18.2 Å². The van der Waals surface area contributed by atoms with Gasteiger partial charge in [0.2, 0.25) is 0 Å². The summed E-state index contributed by atoms with van der Waals surface area (Å²) in [5.74, 6) is -2.41. The minimum Gasteiger partial charge on any atom is -0.475 e. The van der Waals surface area contributed by atoms with E-state index in [2.05, 4.69) is 5.10 Å². The Labute approximate surface area is 84.9 Å². The number of aryl methyl sites for hydroxylation is 1. The molecule has 15 heavy (non-hydrogen) atoms. The molecule has 5 heteroatoms. The maximum atomic E-state index is 11.4. The number of carbonyl (C=O) groups excluding carboxylic acids is 1. The molecular formula is C10H8N2O3. The van der Waals surface area contributed by atoms with Gasteiger partial charge in [0.05, 0.1) is 5.52 Å². The van der Waals surface area contributed by atoms with Crippen LogP contribution in [0.15, 0.2) is 24.3 Å². The quantitative estimate of drug-likeness (QED) is 0.581. The van der Waals surface area contributed by atoms with Gasteiger partial charge in [-0.05, 0) is 6.07 Å². The molecule has 0 aliphatic rings. The lowest BCUT2D eigenvalue weighted by molar-refractivity contribution is -0.131. The van der Waals surface area contributed by atoms with Gasteiger partial charge in [0.25, 0.3) is 5.78 Å². The average molecular weight is 204 g/mol. The van der Waals surface area contributed by atoms with E-state index in [1.165, 1.54) is 4.68 Å². The predicted octanol–water partition coefficient (Wildman–Crippen LogP) is 0.841. The van der Waals surface area contributed by atoms with E-state index in [0.29, 0.717) is 10.9 Å². The molecule has 1 aromatic heterocycles. The van der Waals surface area contributed by atoms with Crippen molar-refractivity contribution < 1.29 is 14.7 Å². The van der Waals surface area contributed by atoms with Gasteiger partial charge in [-0.15, -0.1) is 0 Å². The molecule has 5 nitrogen and oxygen atoms in total. The molecule has 0 aliphatic carbocycles. The van der Waals surface area contributed by atoms with Crippen molar-refractivity contribution in [2.75, 3.05) is 0 Å². The zero-order valence-corrected chi connectivity index (χ0v) is 7.97. The summed E-state index contributed by atoms with van der Waals surface area (Å²) in [7, 11) is 1.55. The Morgan fingerprint density at radius 3 is 2.67 bits per heavy atom. The zero-order chi connectivity index (χ0) is 11.0. The second kappa shape index (κ2) is 3.20. The van der Waals surface area contributed by atoms with Crippen LogP contribution in [0.25, 0.3) is 10.9 Å². The number of fused-ring (bicyclic) bond motifs is 1. The third kappa shape index (κ3) is 1.38. The number of ketones is 1. The fraction of sp³-hybridized carbons (Fsp3) is 0.100. The summed E-state index contributed by atoms with van der Waals surface area (Å²) in [5, 5.41) is 13.3. The van der Waals surface area contributed by atoms with Crippen molar-refractivity contribution in [3.8, 4) is 0 Å². The SMILES string of the molecule is Cn1nc2ccccc2c1C(=O)C(=O)O. The minimum atomic E-state index is -1.47. The second-order valence-electron chi connectivity index (χ2n) is 3.12. The van der Waals surface area contributed by atoms with Crippen molar-refractivity contribution in [2.45, 2.75) is 0 Å². The van der Waals surface area contributed by atoms with E-state index < -0.39 is 11.8 Å². The lowest BCUT2D eigenvalue weighted by Gasteiger charge is -1.96. The number of nitrogens with zero attached hydrogens (tertiary/aromatic N) is 2. The number of aromatic nitrogens is 2. The zero-order valence-electron chi connectivity index (χ0n) is 7.97. The van der Waals surface area contributed by atoms with E-state index in [-0.39, 0.29) is 5.69 Å². The highest BCUT2D eigenvalue weighted by atomic mass is 16.4. The number of carbonyl (C=O) groups is 2. The largest absolute Gasteiger partial charge is 0.475 e. The highest BCUT2D eigenvalue weighted by Gasteiger charge is 2.21. The van der Waals surface area contributed by atoms with E-state index in [9.17, 15) is 9.59 Å². The van der Waals surface area contributed by atoms with Crippen LogP contribution in [0.2, 0.25) is 0 Å². The summed E-state index contributed by atoms with van der Waals surface area (Å²) < 4.78 is 1.29. The van der Waals surface area contributed by atoms with Gasteiger partial charge < -0.3 is 5.11 Å². The third-order valence-corrected chi connectivity index (χ3v) is 2.15. The summed E-state index contributed by atoms with van der Waals surface area (Å²) in [6, 6.07) is 6.93. The number of benzene rings is 1. The van der Waals surface area contributed by atoms with Gasteiger partial charge in [0.15, 0.2) is 0 Å². The van der Waals surface area contributed by atoms with Crippen LogP contribution in [0.3, 0.4) is 0 Å². The molecular weight excluding hydrogens is 196 g/mol. The molecule has 0 aliphatic heterocycles. The highest BCUT2D eigenvalue weighted by molar-refractivity contribution is 6.41. The van der Waals surface area contributed by atoms with Gasteiger partial charge >= 0.3 is 5.97 Å². The molecule has 0 bridgehead atoms. The van der Waals surface area contributed by atoms with E-state index in [4.69, 9.17) is 5.11 Å². The molecule has 1 heterocycles. The van der Waals surface area contributed by atoms with Crippen LogP contribution in [0.1, 0.15) is 10.5 Å². The molecule has 2 rings (SSSR count).